The predicted octanol–water partition coefficient (Wildman–Crippen LogP) is 2.49. The molecule has 0 saturated carbocycles. The van der Waals surface area contributed by atoms with Crippen LogP contribution in [0.3, 0.4) is 0 Å². The number of nitro groups is 1. The monoisotopic (exact) mass is 491 g/mol. The maximum atomic E-state index is 13.4. The Morgan fingerprint density at radius 2 is 1.72 bits per heavy atom. The molecule has 2 aromatic rings. The van der Waals surface area contributed by atoms with Crippen LogP contribution < -0.4 is 10.2 Å². The van der Waals surface area contributed by atoms with Gasteiger partial charge in [0.25, 0.3) is 17.5 Å². The van der Waals surface area contributed by atoms with Gasteiger partial charge in [-0.3, -0.25) is 34.7 Å². The topological polar surface area (TPSA) is 133 Å². The summed E-state index contributed by atoms with van der Waals surface area (Å²) in [6.45, 7) is 5.06. The molecule has 2 saturated heterocycles. The molecule has 1 unspecified atom stereocenters. The van der Waals surface area contributed by atoms with Crippen LogP contribution in [-0.2, 0) is 14.4 Å². The van der Waals surface area contributed by atoms with E-state index in [0.29, 0.717) is 43.0 Å². The van der Waals surface area contributed by atoms with Crippen LogP contribution in [0.4, 0.5) is 16.2 Å². The van der Waals surface area contributed by atoms with Crippen molar-refractivity contribution < 1.29 is 24.1 Å². The smallest absolute Gasteiger partial charge is 0.331 e. The van der Waals surface area contributed by atoms with Crippen molar-refractivity contribution in [3.8, 4) is 0 Å². The van der Waals surface area contributed by atoms with Crippen LogP contribution in [0.1, 0.15) is 31.0 Å². The van der Waals surface area contributed by atoms with E-state index in [1.54, 1.807) is 42.2 Å². The van der Waals surface area contributed by atoms with Crippen molar-refractivity contribution in [3.05, 3.63) is 75.3 Å². The Labute approximate surface area is 207 Å². The second-order valence-corrected chi connectivity index (χ2v) is 8.57. The zero-order valence-electron chi connectivity index (χ0n) is 19.8. The second-order valence-electron chi connectivity index (χ2n) is 8.57. The highest BCUT2D eigenvalue weighted by atomic mass is 16.6. The van der Waals surface area contributed by atoms with Crippen molar-refractivity contribution in [2.75, 3.05) is 31.1 Å². The van der Waals surface area contributed by atoms with Crippen molar-refractivity contribution >= 4 is 41.2 Å². The molecule has 2 fully saturated rings. The van der Waals surface area contributed by atoms with Crippen LogP contribution in [0.5, 0.6) is 0 Å². The fourth-order valence-electron chi connectivity index (χ4n) is 4.38. The molecule has 2 aliphatic heterocycles. The molecule has 36 heavy (non-hydrogen) atoms. The number of nitrogens with one attached hydrogen (secondary N) is 1. The standard InChI is InChI=1S/C25H25N5O6/c1-16(18-6-4-3-5-7-18)29-24(33)21(23(32)26-25(29)34)15-19-14-20(30(35)36)8-9-22(19)28-12-10-27(11-13-28)17(2)31/h3-9,14-16H,10-13H2,1-2H3,(H,26,32,34)/b21-15-. The number of anilines is 1. The van der Waals surface area contributed by atoms with Crippen LogP contribution in [0.15, 0.2) is 54.1 Å². The van der Waals surface area contributed by atoms with E-state index in [2.05, 4.69) is 5.32 Å². The number of hydrogen-bond acceptors (Lipinski definition) is 7. The summed E-state index contributed by atoms with van der Waals surface area (Å²) in [5.41, 5.74) is 1.06. The van der Waals surface area contributed by atoms with Gasteiger partial charge in [-0.25, -0.2) is 4.79 Å². The molecule has 0 aromatic heterocycles. The SMILES string of the molecule is CC(=O)N1CCN(c2ccc([N+](=O)[O-])cc2/C=C2/C(=O)NC(=O)N(C(C)c3ccccc3)C2=O)CC1. The number of benzene rings is 2. The van der Waals surface area contributed by atoms with Crippen LogP contribution in [0, 0.1) is 10.1 Å². The van der Waals surface area contributed by atoms with Crippen LogP contribution in [0.25, 0.3) is 6.08 Å². The number of hydrogen-bond donors (Lipinski definition) is 1. The molecule has 0 radical (unpaired) electrons. The summed E-state index contributed by atoms with van der Waals surface area (Å²) in [4.78, 5) is 65.9. The molecule has 11 nitrogen and oxygen atoms in total. The summed E-state index contributed by atoms with van der Waals surface area (Å²) >= 11 is 0. The van der Waals surface area contributed by atoms with Gasteiger partial charge in [0, 0.05) is 56.5 Å². The molecule has 2 aromatic carbocycles. The largest absolute Gasteiger partial charge is 0.367 e. The van der Waals surface area contributed by atoms with Crippen molar-refractivity contribution in [2.45, 2.75) is 19.9 Å². The van der Waals surface area contributed by atoms with Gasteiger partial charge < -0.3 is 9.80 Å². The number of carbonyl (C=O) groups excluding carboxylic acids is 4. The molecule has 2 aliphatic rings. The van der Waals surface area contributed by atoms with Crippen molar-refractivity contribution in [1.82, 2.24) is 15.1 Å². The van der Waals surface area contributed by atoms with E-state index < -0.39 is 28.8 Å². The lowest BCUT2D eigenvalue weighted by atomic mass is 10.0. The Bertz CT molecular complexity index is 1270. The normalized spacial score (nSPS) is 18.3. The van der Waals surface area contributed by atoms with E-state index in [9.17, 15) is 29.3 Å². The highest BCUT2D eigenvalue weighted by Crippen LogP contribution is 2.31. The third-order valence-electron chi connectivity index (χ3n) is 6.39. The van der Waals surface area contributed by atoms with E-state index in [1.807, 2.05) is 11.0 Å². The van der Waals surface area contributed by atoms with E-state index >= 15 is 0 Å². The third-order valence-corrected chi connectivity index (χ3v) is 6.39. The van der Waals surface area contributed by atoms with Gasteiger partial charge >= 0.3 is 6.03 Å². The minimum absolute atomic E-state index is 0.0394. The number of imide groups is 2. The quantitative estimate of drug-likeness (QED) is 0.294. The van der Waals surface area contributed by atoms with Crippen LogP contribution in [0.2, 0.25) is 0 Å². The Morgan fingerprint density at radius 3 is 2.33 bits per heavy atom. The summed E-state index contributed by atoms with van der Waals surface area (Å²) in [6, 6.07) is 11.6. The van der Waals surface area contributed by atoms with E-state index in [1.165, 1.54) is 25.1 Å². The number of barbiturate groups is 1. The highest BCUT2D eigenvalue weighted by molar-refractivity contribution is 6.31. The maximum absolute atomic E-state index is 13.4. The summed E-state index contributed by atoms with van der Waals surface area (Å²) in [5.74, 6) is -1.71. The Hall–Kier alpha value is -4.54. The molecule has 1 atom stereocenters. The fourth-order valence-corrected chi connectivity index (χ4v) is 4.38. The first kappa shape index (κ1) is 24.6. The number of nitrogens with zero attached hydrogens (tertiary/aromatic N) is 4. The number of piperazine rings is 1. The molecular formula is C25H25N5O6. The number of amides is 5. The molecule has 0 bridgehead atoms. The Kier molecular flexibility index (Phi) is 6.82. The number of nitro benzene ring substituents is 1. The number of carbonyl (C=O) groups is 4. The zero-order valence-corrected chi connectivity index (χ0v) is 19.8. The lowest BCUT2D eigenvalue weighted by molar-refractivity contribution is -0.384. The zero-order chi connectivity index (χ0) is 26.0. The molecule has 4 rings (SSSR count). The van der Waals surface area contributed by atoms with Crippen LogP contribution in [-0.4, -0.2) is 64.7 Å². The fraction of sp³-hybridized carbons (Fsp3) is 0.280. The molecule has 0 aliphatic carbocycles. The number of non-ortho nitro benzene ring substituents is 1. The van der Waals surface area contributed by atoms with E-state index in [-0.39, 0.29) is 17.2 Å². The first-order valence-electron chi connectivity index (χ1n) is 11.4. The van der Waals surface area contributed by atoms with Gasteiger partial charge in [0.05, 0.1) is 11.0 Å². The summed E-state index contributed by atoms with van der Waals surface area (Å²) < 4.78 is 0. The lowest BCUT2D eigenvalue weighted by Gasteiger charge is -2.36. The molecule has 1 N–H and O–H groups in total. The molecule has 186 valence electrons. The molecular weight excluding hydrogens is 466 g/mol. The summed E-state index contributed by atoms with van der Waals surface area (Å²) in [6.07, 6.45) is 1.29. The average molecular weight is 492 g/mol. The maximum Gasteiger partial charge on any atom is 0.331 e. The van der Waals surface area contributed by atoms with Crippen molar-refractivity contribution in [1.29, 1.82) is 0 Å². The summed E-state index contributed by atoms with van der Waals surface area (Å²) in [5, 5.41) is 13.7. The first-order chi connectivity index (χ1) is 17.2. The third kappa shape index (κ3) is 4.81. The summed E-state index contributed by atoms with van der Waals surface area (Å²) in [7, 11) is 0. The Morgan fingerprint density at radius 1 is 1.06 bits per heavy atom. The van der Waals surface area contributed by atoms with Gasteiger partial charge in [-0.15, -0.1) is 0 Å². The van der Waals surface area contributed by atoms with Gasteiger partial charge in [0.15, 0.2) is 0 Å². The minimum atomic E-state index is -0.875. The highest BCUT2D eigenvalue weighted by Gasteiger charge is 2.39. The number of urea groups is 1. The van der Waals surface area contributed by atoms with Gasteiger partial charge in [-0.1, -0.05) is 30.3 Å². The van der Waals surface area contributed by atoms with Gasteiger partial charge in [-0.05, 0) is 24.6 Å². The van der Waals surface area contributed by atoms with Crippen LogP contribution >= 0.6 is 0 Å². The van der Waals surface area contributed by atoms with Gasteiger partial charge in [0.2, 0.25) is 5.91 Å². The molecule has 11 heteroatoms. The first-order valence-corrected chi connectivity index (χ1v) is 11.4. The average Bonchev–Trinajstić information content (AvgIpc) is 2.86. The van der Waals surface area contributed by atoms with E-state index in [4.69, 9.17) is 0 Å². The lowest BCUT2D eigenvalue weighted by Crippen LogP contribution is -2.54. The van der Waals surface area contributed by atoms with Gasteiger partial charge in [0.1, 0.15) is 5.57 Å². The minimum Gasteiger partial charge on any atom is -0.367 e. The van der Waals surface area contributed by atoms with Gasteiger partial charge in [-0.2, -0.15) is 0 Å². The van der Waals surface area contributed by atoms with Crippen molar-refractivity contribution in [2.24, 2.45) is 0 Å². The molecule has 2 heterocycles. The van der Waals surface area contributed by atoms with E-state index in [0.717, 1.165) is 4.90 Å². The predicted molar refractivity (Wildman–Crippen MR) is 131 cm³/mol. The Balaban J connectivity index is 1.72. The second kappa shape index (κ2) is 9.98. The number of rotatable bonds is 5. The molecule has 5 amide bonds. The van der Waals surface area contributed by atoms with Crippen molar-refractivity contribution in [3.63, 3.8) is 0 Å². The molecule has 0 spiro atoms.